The summed E-state index contributed by atoms with van der Waals surface area (Å²) in [5.74, 6) is -0.0257. The number of rotatable bonds is 6. The lowest BCUT2D eigenvalue weighted by Gasteiger charge is -2.13. The normalized spacial score (nSPS) is 14.7. The van der Waals surface area contributed by atoms with Crippen LogP contribution in [0.15, 0.2) is 61.3 Å². The van der Waals surface area contributed by atoms with E-state index in [0.29, 0.717) is 6.42 Å². The van der Waals surface area contributed by atoms with Crippen molar-refractivity contribution in [3.8, 4) is 0 Å². The summed E-state index contributed by atoms with van der Waals surface area (Å²) >= 11 is 1.58. The number of amides is 1. The molecule has 0 spiro atoms. The van der Waals surface area contributed by atoms with E-state index in [1.54, 1.807) is 17.4 Å². The maximum atomic E-state index is 12.3. The van der Waals surface area contributed by atoms with Gasteiger partial charge in [0.05, 0.1) is 12.5 Å². The van der Waals surface area contributed by atoms with Gasteiger partial charge in [0.15, 0.2) is 0 Å². The first kappa shape index (κ1) is 17.4. The van der Waals surface area contributed by atoms with Crippen LogP contribution in [0.2, 0.25) is 0 Å². The molecule has 1 heterocycles. The van der Waals surface area contributed by atoms with Gasteiger partial charge in [-0.3, -0.25) is 4.79 Å². The Hall–Kier alpha value is -2.46. The molecule has 4 heteroatoms. The van der Waals surface area contributed by atoms with E-state index in [1.807, 2.05) is 25.3 Å². The number of carbonyl (C=O) groups is 1. The van der Waals surface area contributed by atoms with E-state index in [2.05, 4.69) is 47.2 Å². The van der Waals surface area contributed by atoms with Crippen LogP contribution >= 0.6 is 11.3 Å². The molecule has 2 aromatic rings. The average Bonchev–Trinajstić information content (AvgIpc) is 3.07. The van der Waals surface area contributed by atoms with Crippen molar-refractivity contribution in [3.63, 3.8) is 0 Å². The Bertz CT molecular complexity index is 815. The maximum Gasteiger partial charge on any atom is 0.225 e. The molecule has 0 aliphatic heterocycles. The van der Waals surface area contributed by atoms with Crippen molar-refractivity contribution in [3.05, 3.63) is 82.4 Å². The fourth-order valence-corrected chi connectivity index (χ4v) is 3.61. The van der Waals surface area contributed by atoms with E-state index in [1.165, 1.54) is 11.1 Å². The molecule has 128 valence electrons. The number of allylic oxidation sites excluding steroid dienone is 4. The SMILES string of the molecule is C=CC(NC(=O)Cc1ccc(C2=CCCC=C2)cc1)c1ncc(C)s1. The Morgan fingerprint density at radius 2 is 2.16 bits per heavy atom. The van der Waals surface area contributed by atoms with Gasteiger partial charge in [0.1, 0.15) is 5.01 Å². The molecule has 0 radical (unpaired) electrons. The number of aryl methyl sites for hydroxylation is 1. The summed E-state index contributed by atoms with van der Waals surface area (Å²) in [5.41, 5.74) is 3.45. The molecule has 3 rings (SSSR count). The molecule has 25 heavy (non-hydrogen) atoms. The zero-order valence-electron chi connectivity index (χ0n) is 14.4. The second-order valence-electron chi connectivity index (χ2n) is 6.10. The van der Waals surface area contributed by atoms with Gasteiger partial charge < -0.3 is 5.32 Å². The van der Waals surface area contributed by atoms with Gasteiger partial charge in [-0.15, -0.1) is 17.9 Å². The molecule has 1 amide bonds. The minimum Gasteiger partial charge on any atom is -0.343 e. The second kappa shape index (κ2) is 8.08. The van der Waals surface area contributed by atoms with Gasteiger partial charge >= 0.3 is 0 Å². The number of aromatic nitrogens is 1. The zero-order valence-corrected chi connectivity index (χ0v) is 15.2. The maximum absolute atomic E-state index is 12.3. The molecule has 1 aliphatic carbocycles. The summed E-state index contributed by atoms with van der Waals surface area (Å²) < 4.78 is 0. The first-order valence-corrected chi connectivity index (χ1v) is 9.27. The van der Waals surface area contributed by atoms with Crippen molar-refractivity contribution in [1.29, 1.82) is 0 Å². The van der Waals surface area contributed by atoms with Crippen molar-refractivity contribution in [2.24, 2.45) is 0 Å². The molecule has 0 bridgehead atoms. The Morgan fingerprint density at radius 1 is 1.36 bits per heavy atom. The van der Waals surface area contributed by atoms with Crippen molar-refractivity contribution < 1.29 is 4.79 Å². The van der Waals surface area contributed by atoms with Crippen molar-refractivity contribution in [2.45, 2.75) is 32.2 Å². The number of nitrogens with one attached hydrogen (secondary N) is 1. The Morgan fingerprint density at radius 3 is 2.76 bits per heavy atom. The van der Waals surface area contributed by atoms with E-state index in [0.717, 1.165) is 28.3 Å². The van der Waals surface area contributed by atoms with Crippen LogP contribution in [0.3, 0.4) is 0 Å². The van der Waals surface area contributed by atoms with Crippen LogP contribution in [-0.2, 0) is 11.2 Å². The predicted molar refractivity (Wildman–Crippen MR) is 104 cm³/mol. The van der Waals surface area contributed by atoms with Gasteiger partial charge in [0.25, 0.3) is 0 Å². The van der Waals surface area contributed by atoms with Gasteiger partial charge in [-0.1, -0.05) is 48.6 Å². The lowest BCUT2D eigenvalue weighted by Crippen LogP contribution is -2.28. The highest BCUT2D eigenvalue weighted by Gasteiger charge is 2.14. The third-order valence-corrected chi connectivity index (χ3v) is 5.10. The fourth-order valence-electron chi connectivity index (χ4n) is 2.79. The predicted octanol–water partition coefficient (Wildman–Crippen LogP) is 4.77. The van der Waals surface area contributed by atoms with E-state index in [9.17, 15) is 4.79 Å². The van der Waals surface area contributed by atoms with E-state index >= 15 is 0 Å². The number of hydrogen-bond acceptors (Lipinski definition) is 3. The molecular formula is C21H22N2OS. The lowest BCUT2D eigenvalue weighted by atomic mass is 9.98. The molecular weight excluding hydrogens is 328 g/mol. The molecule has 1 aliphatic rings. The van der Waals surface area contributed by atoms with Crippen LogP contribution in [0.25, 0.3) is 5.57 Å². The Kier molecular flexibility index (Phi) is 5.61. The molecule has 3 nitrogen and oxygen atoms in total. The molecule has 1 aromatic heterocycles. The highest BCUT2D eigenvalue weighted by atomic mass is 32.1. The van der Waals surface area contributed by atoms with Crippen molar-refractivity contribution >= 4 is 22.8 Å². The molecule has 0 saturated carbocycles. The van der Waals surface area contributed by atoms with Crippen LogP contribution < -0.4 is 5.32 Å². The number of benzene rings is 1. The van der Waals surface area contributed by atoms with Gasteiger partial charge in [-0.25, -0.2) is 4.98 Å². The van der Waals surface area contributed by atoms with E-state index in [-0.39, 0.29) is 11.9 Å². The van der Waals surface area contributed by atoms with Crippen LogP contribution in [0, 0.1) is 6.92 Å². The Balaban J connectivity index is 1.61. The summed E-state index contributed by atoms with van der Waals surface area (Å²) in [6, 6.07) is 7.98. The van der Waals surface area contributed by atoms with Gasteiger partial charge in [0, 0.05) is 11.1 Å². The highest BCUT2D eigenvalue weighted by Crippen LogP contribution is 2.22. The van der Waals surface area contributed by atoms with E-state index < -0.39 is 0 Å². The van der Waals surface area contributed by atoms with Crippen molar-refractivity contribution in [1.82, 2.24) is 10.3 Å². The number of thiazole rings is 1. The monoisotopic (exact) mass is 350 g/mol. The van der Waals surface area contributed by atoms with Gasteiger partial charge in [0.2, 0.25) is 5.91 Å². The lowest BCUT2D eigenvalue weighted by molar-refractivity contribution is -0.120. The summed E-state index contributed by atoms with van der Waals surface area (Å²) in [6.45, 7) is 5.81. The smallest absolute Gasteiger partial charge is 0.225 e. The minimum absolute atomic E-state index is 0.0257. The molecule has 0 saturated heterocycles. The molecule has 1 atom stereocenters. The zero-order chi connectivity index (χ0) is 17.6. The summed E-state index contributed by atoms with van der Waals surface area (Å²) in [5, 5.41) is 3.86. The Labute approximate surface area is 152 Å². The summed E-state index contributed by atoms with van der Waals surface area (Å²) in [6.07, 6.45) is 12.7. The first-order valence-electron chi connectivity index (χ1n) is 8.46. The summed E-state index contributed by atoms with van der Waals surface area (Å²) in [4.78, 5) is 17.8. The third kappa shape index (κ3) is 4.54. The van der Waals surface area contributed by atoms with Gasteiger partial charge in [-0.05, 0) is 36.5 Å². The summed E-state index contributed by atoms with van der Waals surface area (Å²) in [7, 11) is 0. The average molecular weight is 350 g/mol. The first-order chi connectivity index (χ1) is 12.2. The van der Waals surface area contributed by atoms with Crippen molar-refractivity contribution in [2.75, 3.05) is 0 Å². The second-order valence-corrected chi connectivity index (χ2v) is 7.37. The fraction of sp³-hybridized carbons (Fsp3) is 0.238. The molecule has 1 aromatic carbocycles. The highest BCUT2D eigenvalue weighted by molar-refractivity contribution is 7.11. The van der Waals surface area contributed by atoms with E-state index in [4.69, 9.17) is 0 Å². The molecule has 1 N–H and O–H groups in total. The van der Waals surface area contributed by atoms with Crippen LogP contribution in [0.5, 0.6) is 0 Å². The van der Waals surface area contributed by atoms with Gasteiger partial charge in [-0.2, -0.15) is 0 Å². The number of carbonyl (C=O) groups excluding carboxylic acids is 1. The largest absolute Gasteiger partial charge is 0.343 e. The standard InChI is InChI=1S/C21H22N2OS/c1-3-19(21-22-14-15(2)25-21)23-20(24)13-16-9-11-18(12-10-16)17-7-5-4-6-8-17/h3,5,7-12,14,19H,1,4,6,13H2,2H3,(H,23,24). The minimum atomic E-state index is -0.233. The van der Waals surface area contributed by atoms with Crippen LogP contribution in [-0.4, -0.2) is 10.9 Å². The van der Waals surface area contributed by atoms with Crippen LogP contribution in [0.4, 0.5) is 0 Å². The molecule has 0 fully saturated rings. The quantitative estimate of drug-likeness (QED) is 0.763. The number of nitrogens with zero attached hydrogens (tertiary/aromatic N) is 1. The van der Waals surface area contributed by atoms with Crippen LogP contribution in [0.1, 0.15) is 39.9 Å². The number of hydrogen-bond donors (Lipinski definition) is 1. The third-order valence-electron chi connectivity index (χ3n) is 4.10. The topological polar surface area (TPSA) is 42.0 Å². The molecule has 1 unspecified atom stereocenters.